The van der Waals surface area contributed by atoms with Gasteiger partial charge in [0, 0.05) is 12.4 Å². The highest BCUT2D eigenvalue weighted by molar-refractivity contribution is 7.99. The molecule has 1 aromatic heterocycles. The normalized spacial score (nSPS) is 13.0. The van der Waals surface area contributed by atoms with E-state index in [1.807, 2.05) is 34.9 Å². The van der Waals surface area contributed by atoms with E-state index in [9.17, 15) is 0 Å². The van der Waals surface area contributed by atoms with Crippen LogP contribution in [0.15, 0.2) is 18.5 Å². The summed E-state index contributed by atoms with van der Waals surface area (Å²) in [5, 5.41) is 4.71. The fourth-order valence-electron chi connectivity index (χ4n) is 1.35. The molecule has 1 atom stereocenters. The van der Waals surface area contributed by atoms with E-state index in [2.05, 4.69) is 18.9 Å². The summed E-state index contributed by atoms with van der Waals surface area (Å²) >= 11 is 1.99. The van der Waals surface area contributed by atoms with Crippen LogP contribution in [0.2, 0.25) is 0 Å². The Balaban J connectivity index is 2.07. The maximum atomic E-state index is 4.23. The third-order valence-electron chi connectivity index (χ3n) is 2.25. The zero-order chi connectivity index (χ0) is 10.2. The van der Waals surface area contributed by atoms with E-state index in [4.69, 9.17) is 0 Å². The highest BCUT2D eigenvalue weighted by Gasteiger charge is 2.03. The van der Waals surface area contributed by atoms with Crippen LogP contribution >= 0.6 is 11.8 Å². The van der Waals surface area contributed by atoms with Crippen molar-refractivity contribution in [3.8, 4) is 0 Å². The zero-order valence-corrected chi connectivity index (χ0v) is 9.96. The van der Waals surface area contributed by atoms with Gasteiger partial charge in [-0.15, -0.1) is 11.8 Å². The lowest BCUT2D eigenvalue weighted by Gasteiger charge is -2.11. The van der Waals surface area contributed by atoms with Crippen molar-refractivity contribution in [2.75, 3.05) is 5.75 Å². The van der Waals surface area contributed by atoms with Crippen LogP contribution in [0.1, 0.15) is 44.9 Å². The van der Waals surface area contributed by atoms with Crippen molar-refractivity contribution in [2.45, 2.75) is 44.9 Å². The molecule has 80 valence electrons. The number of rotatable bonds is 7. The Morgan fingerprint density at radius 2 is 2.21 bits per heavy atom. The minimum atomic E-state index is 0.478. The molecule has 0 saturated carbocycles. The molecular weight excluding hydrogens is 192 g/mol. The van der Waals surface area contributed by atoms with Crippen LogP contribution in [0.4, 0.5) is 0 Å². The van der Waals surface area contributed by atoms with Crippen molar-refractivity contribution in [3.63, 3.8) is 0 Å². The zero-order valence-electron chi connectivity index (χ0n) is 9.15. The molecule has 0 aromatic carbocycles. The van der Waals surface area contributed by atoms with E-state index in [1.165, 1.54) is 31.4 Å². The van der Waals surface area contributed by atoms with Gasteiger partial charge < -0.3 is 0 Å². The molecule has 0 spiro atoms. The molecule has 0 aliphatic rings. The van der Waals surface area contributed by atoms with Gasteiger partial charge in [-0.3, -0.25) is 4.68 Å². The molecule has 1 aromatic rings. The van der Waals surface area contributed by atoms with Crippen LogP contribution < -0.4 is 0 Å². The average Bonchev–Trinajstić information content (AvgIpc) is 2.70. The summed E-state index contributed by atoms with van der Waals surface area (Å²) in [4.78, 5) is 0. The van der Waals surface area contributed by atoms with Gasteiger partial charge in [0.25, 0.3) is 0 Å². The molecule has 0 aliphatic heterocycles. The van der Waals surface area contributed by atoms with Gasteiger partial charge in [0.1, 0.15) is 0 Å². The Bertz CT molecular complexity index is 221. The van der Waals surface area contributed by atoms with Gasteiger partial charge in [-0.2, -0.15) is 5.10 Å². The van der Waals surface area contributed by atoms with E-state index in [1.54, 1.807) is 0 Å². The maximum absolute atomic E-state index is 4.23. The molecule has 3 heteroatoms. The largest absolute Gasteiger partial charge is 0.260 e. The van der Waals surface area contributed by atoms with Crippen LogP contribution in [0.5, 0.6) is 0 Å². The summed E-state index contributed by atoms with van der Waals surface area (Å²) in [6.45, 7) is 4.46. The van der Waals surface area contributed by atoms with Gasteiger partial charge in [0.05, 0.1) is 5.37 Å². The molecule has 0 radical (unpaired) electrons. The van der Waals surface area contributed by atoms with Crippen molar-refractivity contribution in [1.82, 2.24) is 9.78 Å². The quantitative estimate of drug-likeness (QED) is 0.641. The van der Waals surface area contributed by atoms with E-state index >= 15 is 0 Å². The second-order valence-corrected chi connectivity index (χ2v) is 4.94. The van der Waals surface area contributed by atoms with Gasteiger partial charge in [0.15, 0.2) is 0 Å². The van der Waals surface area contributed by atoms with Gasteiger partial charge >= 0.3 is 0 Å². The van der Waals surface area contributed by atoms with Gasteiger partial charge in [-0.05, 0) is 25.2 Å². The molecule has 0 N–H and O–H groups in total. The predicted molar refractivity (Wildman–Crippen MR) is 63.5 cm³/mol. The molecule has 0 fully saturated rings. The smallest absolute Gasteiger partial charge is 0.0942 e. The number of unbranched alkanes of at least 4 members (excludes halogenated alkanes) is 3. The first kappa shape index (κ1) is 11.6. The molecule has 1 rings (SSSR count). The lowest BCUT2D eigenvalue weighted by atomic mass is 10.2. The minimum absolute atomic E-state index is 0.478. The Morgan fingerprint density at radius 1 is 1.36 bits per heavy atom. The predicted octanol–water partition coefficient (Wildman–Crippen LogP) is 3.72. The van der Waals surface area contributed by atoms with Crippen LogP contribution in [0.3, 0.4) is 0 Å². The Hall–Kier alpha value is -0.440. The summed E-state index contributed by atoms with van der Waals surface area (Å²) < 4.78 is 2.02. The SMILES string of the molecule is CCCCCCSC(C)n1cccn1. The monoisotopic (exact) mass is 212 g/mol. The highest BCUT2D eigenvalue weighted by Crippen LogP contribution is 2.22. The summed E-state index contributed by atoms with van der Waals surface area (Å²) in [5.74, 6) is 1.25. The second-order valence-electron chi connectivity index (χ2n) is 3.52. The first-order valence-electron chi connectivity index (χ1n) is 5.45. The second kappa shape index (κ2) is 6.93. The fourth-order valence-corrected chi connectivity index (χ4v) is 2.34. The van der Waals surface area contributed by atoms with Crippen molar-refractivity contribution < 1.29 is 0 Å². The molecule has 14 heavy (non-hydrogen) atoms. The molecule has 0 saturated heterocycles. The number of hydrogen-bond donors (Lipinski definition) is 0. The highest BCUT2D eigenvalue weighted by atomic mass is 32.2. The number of hydrogen-bond acceptors (Lipinski definition) is 2. The molecular formula is C11H20N2S. The van der Waals surface area contributed by atoms with Crippen LogP contribution in [-0.2, 0) is 0 Å². The van der Waals surface area contributed by atoms with Crippen LogP contribution in [0.25, 0.3) is 0 Å². The summed E-state index contributed by atoms with van der Waals surface area (Å²) in [5.41, 5.74) is 0. The first-order valence-corrected chi connectivity index (χ1v) is 6.50. The molecule has 2 nitrogen and oxygen atoms in total. The van der Waals surface area contributed by atoms with Gasteiger partial charge in [-0.25, -0.2) is 0 Å². The maximum Gasteiger partial charge on any atom is 0.0942 e. The van der Waals surface area contributed by atoms with E-state index in [-0.39, 0.29) is 0 Å². The van der Waals surface area contributed by atoms with Crippen LogP contribution in [0, 0.1) is 0 Å². The van der Waals surface area contributed by atoms with Gasteiger partial charge in [-0.1, -0.05) is 26.2 Å². The summed E-state index contributed by atoms with van der Waals surface area (Å²) in [6.07, 6.45) is 9.27. The van der Waals surface area contributed by atoms with Crippen molar-refractivity contribution >= 4 is 11.8 Å². The lowest BCUT2D eigenvalue weighted by Crippen LogP contribution is -2.02. The Morgan fingerprint density at radius 3 is 2.86 bits per heavy atom. The molecule has 0 aliphatic carbocycles. The standard InChI is InChI=1S/C11H20N2S/c1-3-4-5-6-10-14-11(2)13-9-7-8-12-13/h7-9,11H,3-6,10H2,1-2H3. The fraction of sp³-hybridized carbons (Fsp3) is 0.727. The van der Waals surface area contributed by atoms with Crippen molar-refractivity contribution in [2.24, 2.45) is 0 Å². The van der Waals surface area contributed by atoms with Crippen molar-refractivity contribution in [1.29, 1.82) is 0 Å². The van der Waals surface area contributed by atoms with Gasteiger partial charge in [0.2, 0.25) is 0 Å². The van der Waals surface area contributed by atoms with E-state index in [0.717, 1.165) is 0 Å². The molecule has 0 bridgehead atoms. The summed E-state index contributed by atoms with van der Waals surface area (Å²) in [6, 6.07) is 1.98. The number of nitrogens with zero attached hydrogens (tertiary/aromatic N) is 2. The number of thioether (sulfide) groups is 1. The molecule has 1 unspecified atom stereocenters. The third-order valence-corrected chi connectivity index (χ3v) is 3.48. The first-order chi connectivity index (χ1) is 6.84. The summed E-state index contributed by atoms with van der Waals surface area (Å²) in [7, 11) is 0. The van der Waals surface area contributed by atoms with E-state index < -0.39 is 0 Å². The third kappa shape index (κ3) is 4.18. The number of aromatic nitrogens is 2. The Kier molecular flexibility index (Phi) is 5.76. The minimum Gasteiger partial charge on any atom is -0.260 e. The Labute approximate surface area is 91.1 Å². The molecule has 0 amide bonds. The lowest BCUT2D eigenvalue weighted by molar-refractivity contribution is 0.639. The molecule has 1 heterocycles. The van der Waals surface area contributed by atoms with E-state index in [0.29, 0.717) is 5.37 Å². The van der Waals surface area contributed by atoms with Crippen molar-refractivity contribution in [3.05, 3.63) is 18.5 Å². The average molecular weight is 212 g/mol. The topological polar surface area (TPSA) is 17.8 Å². The van der Waals surface area contributed by atoms with Crippen LogP contribution in [-0.4, -0.2) is 15.5 Å².